The molecule has 4 heteroatoms. The Bertz CT molecular complexity index is 1470. The molecule has 0 fully saturated rings. The van der Waals surface area contributed by atoms with Gasteiger partial charge in [-0.25, -0.2) is 4.57 Å². The number of pyridine rings is 1. The molecule has 1 aliphatic heterocycles. The highest BCUT2D eigenvalue weighted by Gasteiger charge is 2.34. The molecule has 0 spiro atoms. The first-order chi connectivity index (χ1) is 15.0. The first kappa shape index (κ1) is 18.4. The summed E-state index contributed by atoms with van der Waals surface area (Å²) in [4.78, 5) is 4.65. The van der Waals surface area contributed by atoms with E-state index in [9.17, 15) is 0 Å². The van der Waals surface area contributed by atoms with Crippen molar-refractivity contribution in [2.75, 3.05) is 0 Å². The Kier molecular flexibility index (Phi) is 3.88. The molecule has 0 aliphatic carbocycles. The van der Waals surface area contributed by atoms with Gasteiger partial charge in [-0.15, -0.1) is 0 Å². The zero-order valence-electron chi connectivity index (χ0n) is 18.4. The quantitative estimate of drug-likeness (QED) is 0.321. The lowest BCUT2D eigenvalue weighted by Crippen LogP contribution is -2.30. The van der Waals surface area contributed by atoms with Crippen molar-refractivity contribution in [1.29, 1.82) is 0 Å². The number of rotatable bonds is 3. The summed E-state index contributed by atoms with van der Waals surface area (Å²) in [5, 5.41) is 1.11. The number of aromatic nitrogens is 3. The maximum Gasteiger partial charge on any atom is 0.294 e. The van der Waals surface area contributed by atoms with Gasteiger partial charge in [0.15, 0.2) is 5.58 Å². The first-order valence-electron chi connectivity index (χ1n) is 11.1. The van der Waals surface area contributed by atoms with Crippen LogP contribution in [0.5, 0.6) is 0 Å². The molecule has 0 saturated carbocycles. The molecule has 154 valence electrons. The number of imidazole rings is 1. The third kappa shape index (κ3) is 2.54. The van der Waals surface area contributed by atoms with Crippen molar-refractivity contribution in [3.05, 3.63) is 77.7 Å². The van der Waals surface area contributed by atoms with Gasteiger partial charge in [0.2, 0.25) is 0 Å². The molecule has 5 aromatic rings. The lowest BCUT2D eigenvalue weighted by molar-refractivity contribution is -0.671. The monoisotopic (exact) mass is 408 g/mol. The second kappa shape index (κ2) is 6.55. The molecular formula is C27H26N3O+. The van der Waals surface area contributed by atoms with Crippen LogP contribution in [0.25, 0.3) is 39.1 Å². The molecule has 2 aromatic carbocycles. The normalized spacial score (nSPS) is 13.0. The van der Waals surface area contributed by atoms with E-state index in [4.69, 9.17) is 4.42 Å². The van der Waals surface area contributed by atoms with Crippen LogP contribution in [0.1, 0.15) is 56.2 Å². The van der Waals surface area contributed by atoms with Crippen molar-refractivity contribution in [2.45, 2.75) is 46.1 Å². The van der Waals surface area contributed by atoms with Crippen LogP contribution in [0.4, 0.5) is 0 Å². The van der Waals surface area contributed by atoms with Crippen LogP contribution in [-0.4, -0.2) is 9.55 Å². The van der Waals surface area contributed by atoms with Crippen molar-refractivity contribution >= 4 is 22.1 Å². The smallest absolute Gasteiger partial charge is 0.294 e. The van der Waals surface area contributed by atoms with Gasteiger partial charge in [0.25, 0.3) is 5.82 Å². The van der Waals surface area contributed by atoms with E-state index in [2.05, 4.69) is 84.5 Å². The van der Waals surface area contributed by atoms with Gasteiger partial charge in [-0.3, -0.25) is 4.98 Å². The van der Waals surface area contributed by atoms with Crippen molar-refractivity contribution in [2.24, 2.45) is 0 Å². The van der Waals surface area contributed by atoms with E-state index >= 15 is 0 Å². The summed E-state index contributed by atoms with van der Waals surface area (Å²) in [6.07, 6.45) is 6.26. The maximum atomic E-state index is 6.42. The van der Waals surface area contributed by atoms with E-state index in [0.29, 0.717) is 11.8 Å². The van der Waals surface area contributed by atoms with Crippen LogP contribution >= 0.6 is 0 Å². The van der Waals surface area contributed by atoms with Crippen LogP contribution in [0.2, 0.25) is 0 Å². The fraction of sp³-hybridized carbons (Fsp3) is 0.259. The molecule has 31 heavy (non-hydrogen) atoms. The van der Waals surface area contributed by atoms with Crippen LogP contribution in [0, 0.1) is 0 Å². The first-order valence-corrected chi connectivity index (χ1v) is 11.1. The fourth-order valence-corrected chi connectivity index (χ4v) is 5.09. The van der Waals surface area contributed by atoms with Crippen LogP contribution in [-0.2, 0) is 6.54 Å². The second-order valence-electron chi connectivity index (χ2n) is 9.14. The predicted molar refractivity (Wildman–Crippen MR) is 124 cm³/mol. The topological polar surface area (TPSA) is 34.8 Å². The molecule has 0 N–H and O–H groups in total. The molecule has 6 rings (SSSR count). The molecule has 0 unspecified atom stereocenters. The molecule has 0 amide bonds. The maximum absolute atomic E-state index is 6.42. The van der Waals surface area contributed by atoms with Gasteiger partial charge in [0, 0.05) is 28.3 Å². The summed E-state index contributed by atoms with van der Waals surface area (Å²) < 4.78 is 11.2. The lowest BCUT2D eigenvalue weighted by atomic mass is 9.90. The summed E-state index contributed by atoms with van der Waals surface area (Å²) in [5.41, 5.74) is 9.27. The number of nitrogens with zero attached hydrogens (tertiary/aromatic N) is 3. The van der Waals surface area contributed by atoms with E-state index in [0.717, 1.165) is 28.6 Å². The van der Waals surface area contributed by atoms with Crippen molar-refractivity contribution in [3.8, 4) is 17.1 Å². The van der Waals surface area contributed by atoms with Crippen molar-refractivity contribution in [1.82, 2.24) is 9.55 Å². The second-order valence-corrected chi connectivity index (χ2v) is 9.14. The number of fused-ring (bicyclic) bond motifs is 6. The van der Waals surface area contributed by atoms with E-state index < -0.39 is 0 Å². The highest BCUT2D eigenvalue weighted by atomic mass is 16.3. The molecule has 0 radical (unpaired) electrons. The third-order valence-electron chi connectivity index (χ3n) is 6.49. The average molecular weight is 409 g/mol. The van der Waals surface area contributed by atoms with Crippen LogP contribution < -0.4 is 4.57 Å². The molecule has 1 aliphatic rings. The third-order valence-corrected chi connectivity index (χ3v) is 6.49. The van der Waals surface area contributed by atoms with Crippen LogP contribution in [0.15, 0.2) is 65.5 Å². The number of hydrogen-bond donors (Lipinski definition) is 0. The molecule has 0 atom stereocenters. The summed E-state index contributed by atoms with van der Waals surface area (Å²) in [7, 11) is 0. The Morgan fingerprint density at radius 1 is 1.03 bits per heavy atom. The standard InChI is InChI=1S/C27H26N3O/c1-16(2)20-14-21-24-22(10-7-11-28-24)31-26(21)23(17(3)4)25(20)30-13-12-29-15-18-8-5-6-9-19(18)27(29)30/h5-14,16-17H,15H2,1-4H3/q+1. The lowest BCUT2D eigenvalue weighted by Gasteiger charge is -2.18. The van der Waals surface area contributed by atoms with Gasteiger partial charge in [-0.2, -0.15) is 4.57 Å². The van der Waals surface area contributed by atoms with Gasteiger partial charge in [-0.1, -0.05) is 45.9 Å². The zero-order valence-corrected chi connectivity index (χ0v) is 18.4. The van der Waals surface area contributed by atoms with E-state index in [1.54, 1.807) is 0 Å². The average Bonchev–Trinajstić information content (AvgIpc) is 3.43. The Balaban J connectivity index is 1.75. The largest absolute Gasteiger partial charge is 0.454 e. The highest BCUT2D eigenvalue weighted by Crippen LogP contribution is 2.42. The SMILES string of the molecule is CC(C)c1cc2c(oc3cccnc32)c(C(C)C)c1-n1cc[n+]2c1-c1ccccc1C2. The van der Waals surface area contributed by atoms with Gasteiger partial charge < -0.3 is 4.42 Å². The fourth-order valence-electron chi connectivity index (χ4n) is 5.09. The summed E-state index contributed by atoms with van der Waals surface area (Å²) in [6.45, 7) is 9.98. The van der Waals surface area contributed by atoms with Gasteiger partial charge >= 0.3 is 0 Å². The molecule has 0 bridgehead atoms. The van der Waals surface area contributed by atoms with E-state index in [1.807, 2.05) is 18.3 Å². The van der Waals surface area contributed by atoms with Crippen LogP contribution in [0.3, 0.4) is 0 Å². The minimum absolute atomic E-state index is 0.302. The Morgan fingerprint density at radius 2 is 1.87 bits per heavy atom. The molecule has 3 aromatic heterocycles. The van der Waals surface area contributed by atoms with Crippen molar-refractivity contribution < 1.29 is 8.98 Å². The predicted octanol–water partition coefficient (Wildman–Crippen LogP) is 6.33. The van der Waals surface area contributed by atoms with Gasteiger partial charge in [-0.05, 0) is 36.1 Å². The van der Waals surface area contributed by atoms with Gasteiger partial charge in [0.1, 0.15) is 35.7 Å². The summed E-state index contributed by atoms with van der Waals surface area (Å²) in [6, 6.07) is 15.0. The highest BCUT2D eigenvalue weighted by molar-refractivity contribution is 6.05. The number of benzene rings is 2. The molecule has 0 saturated heterocycles. The number of hydrogen-bond acceptors (Lipinski definition) is 2. The molecule has 4 nitrogen and oxygen atoms in total. The van der Waals surface area contributed by atoms with E-state index in [1.165, 1.54) is 33.8 Å². The Labute approximate surface area is 181 Å². The van der Waals surface area contributed by atoms with Crippen molar-refractivity contribution in [3.63, 3.8) is 0 Å². The number of furan rings is 1. The summed E-state index contributed by atoms with van der Waals surface area (Å²) in [5.74, 6) is 1.91. The van der Waals surface area contributed by atoms with Gasteiger partial charge in [0.05, 0.1) is 5.56 Å². The zero-order chi connectivity index (χ0) is 21.3. The van der Waals surface area contributed by atoms with E-state index in [-0.39, 0.29) is 0 Å². The minimum Gasteiger partial charge on any atom is -0.454 e. The molecule has 4 heterocycles. The Morgan fingerprint density at radius 3 is 2.68 bits per heavy atom. The molecular weight excluding hydrogens is 382 g/mol. The minimum atomic E-state index is 0.302. The summed E-state index contributed by atoms with van der Waals surface area (Å²) >= 11 is 0. The Hall–Kier alpha value is -3.40.